The van der Waals surface area contributed by atoms with Crippen molar-refractivity contribution in [1.29, 1.82) is 5.26 Å². The minimum atomic E-state index is -0.723. The number of fused-ring (bicyclic) bond motifs is 1. The fraction of sp³-hybridized carbons (Fsp3) is 0.333. The molecule has 1 aliphatic heterocycles. The molecule has 5 rings (SSSR count). The maximum absolute atomic E-state index is 14.2. The van der Waals surface area contributed by atoms with E-state index in [1.807, 2.05) is 65.0 Å². The maximum Gasteiger partial charge on any atom is 0.338 e. The minimum absolute atomic E-state index is 0.206. The molecule has 8 nitrogen and oxygen atoms in total. The lowest BCUT2D eigenvalue weighted by atomic mass is 9.94. The first-order chi connectivity index (χ1) is 21.1. The highest BCUT2D eigenvalue weighted by atomic mass is 79.9. The van der Waals surface area contributed by atoms with Crippen molar-refractivity contribution in [3.8, 4) is 16.8 Å². The van der Waals surface area contributed by atoms with Crippen LogP contribution in [0.5, 0.6) is 5.75 Å². The van der Waals surface area contributed by atoms with Gasteiger partial charge in [0.1, 0.15) is 16.8 Å². The van der Waals surface area contributed by atoms with E-state index in [0.717, 1.165) is 44.4 Å². The zero-order chi connectivity index (χ0) is 31.9. The number of allylic oxidation sites excluding steroid dienone is 1. The summed E-state index contributed by atoms with van der Waals surface area (Å²) >= 11 is 6.47. The molecule has 0 saturated carbocycles. The number of thiophene rings is 1. The molecular weight excluding hydrogens is 660 g/mol. The van der Waals surface area contributed by atoms with Crippen LogP contribution >= 0.6 is 38.6 Å². The first-order valence-corrected chi connectivity index (χ1v) is 16.7. The number of nitrogens with zero attached hydrogens (tertiary/aromatic N) is 4. The van der Waals surface area contributed by atoms with Crippen molar-refractivity contribution in [2.75, 3.05) is 13.7 Å². The summed E-state index contributed by atoms with van der Waals surface area (Å²) in [4.78, 5) is 34.2. The molecule has 3 aromatic heterocycles. The van der Waals surface area contributed by atoms with Crippen molar-refractivity contribution >= 4 is 50.6 Å². The monoisotopic (exact) mass is 692 g/mol. The second-order valence-corrected chi connectivity index (χ2v) is 13.6. The van der Waals surface area contributed by atoms with E-state index in [4.69, 9.17) is 14.5 Å². The first-order valence-electron chi connectivity index (χ1n) is 14.3. The summed E-state index contributed by atoms with van der Waals surface area (Å²) in [5.74, 6) is 0.159. The van der Waals surface area contributed by atoms with Crippen LogP contribution in [0, 0.1) is 39.0 Å². The van der Waals surface area contributed by atoms with Crippen LogP contribution in [0.15, 0.2) is 49.8 Å². The molecule has 11 heteroatoms. The Balaban J connectivity index is 1.75. The number of esters is 1. The standard InChI is InChI=1S/C33H33BrN4O4S2/c1-8-10-25-28(32(40)42-9-2)29(21-11-12-26(41-7)24(34)14-21)38-30(39)27(44-33(38)36-25)15-22-13-17(3)37(19(22)5)31-23(16-35)18(4)20(6)43-31/h11-15,29H,8-10H2,1-7H3/b27-15+/t29-/m1/s1. The van der Waals surface area contributed by atoms with Gasteiger partial charge in [-0.15, -0.1) is 11.3 Å². The average Bonchev–Trinajstić information content (AvgIpc) is 3.56. The Morgan fingerprint density at radius 2 is 1.93 bits per heavy atom. The van der Waals surface area contributed by atoms with Crippen molar-refractivity contribution < 1.29 is 14.3 Å². The number of halogens is 1. The number of benzene rings is 1. The number of hydrogen-bond donors (Lipinski definition) is 0. The fourth-order valence-corrected chi connectivity index (χ4v) is 8.36. The van der Waals surface area contributed by atoms with Gasteiger partial charge in [-0.05, 0) is 97.9 Å². The molecule has 0 fully saturated rings. The van der Waals surface area contributed by atoms with E-state index in [9.17, 15) is 14.9 Å². The van der Waals surface area contributed by atoms with Crippen molar-refractivity contribution in [2.45, 2.75) is 60.4 Å². The van der Waals surface area contributed by atoms with Gasteiger partial charge in [-0.2, -0.15) is 5.26 Å². The van der Waals surface area contributed by atoms with Crippen LogP contribution in [-0.4, -0.2) is 28.8 Å². The number of thiazole rings is 1. The van der Waals surface area contributed by atoms with Gasteiger partial charge in [0.25, 0.3) is 5.56 Å². The van der Waals surface area contributed by atoms with Gasteiger partial charge < -0.3 is 14.0 Å². The molecule has 44 heavy (non-hydrogen) atoms. The molecule has 4 heterocycles. The zero-order valence-electron chi connectivity index (χ0n) is 25.7. The molecule has 4 aromatic rings. The third-order valence-electron chi connectivity index (χ3n) is 7.82. The van der Waals surface area contributed by atoms with Crippen LogP contribution in [0.3, 0.4) is 0 Å². The van der Waals surface area contributed by atoms with Gasteiger partial charge in [-0.25, -0.2) is 9.79 Å². The van der Waals surface area contributed by atoms with Crippen molar-refractivity contribution in [3.63, 3.8) is 0 Å². The number of carbonyl (C=O) groups excluding carboxylic acids is 1. The average molecular weight is 694 g/mol. The number of nitriles is 1. The van der Waals surface area contributed by atoms with E-state index in [1.54, 1.807) is 29.9 Å². The molecule has 0 amide bonds. The Hall–Kier alpha value is -3.72. The molecule has 1 aromatic carbocycles. The second kappa shape index (κ2) is 12.7. The summed E-state index contributed by atoms with van der Waals surface area (Å²) in [6, 6.07) is 9.23. The first kappa shape index (κ1) is 31.7. The summed E-state index contributed by atoms with van der Waals surface area (Å²) in [7, 11) is 1.59. The van der Waals surface area contributed by atoms with E-state index in [1.165, 1.54) is 11.3 Å². The van der Waals surface area contributed by atoms with Crippen LogP contribution < -0.4 is 19.6 Å². The van der Waals surface area contributed by atoms with E-state index < -0.39 is 12.0 Å². The fourth-order valence-electron chi connectivity index (χ4n) is 5.57. The number of ether oxygens (including phenoxy) is 2. The third kappa shape index (κ3) is 5.40. The molecule has 0 unspecified atom stereocenters. The Morgan fingerprint density at radius 1 is 1.18 bits per heavy atom. The van der Waals surface area contributed by atoms with Gasteiger partial charge in [0.2, 0.25) is 0 Å². The molecule has 0 aliphatic carbocycles. The summed E-state index contributed by atoms with van der Waals surface area (Å²) in [5.41, 5.74) is 5.92. The van der Waals surface area contributed by atoms with Crippen LogP contribution in [0.1, 0.15) is 71.2 Å². The number of methoxy groups -OCH3 is 1. The Bertz CT molecular complexity index is 2060. The van der Waals surface area contributed by atoms with Crippen LogP contribution in [0.25, 0.3) is 11.1 Å². The molecule has 228 valence electrons. The molecule has 0 bridgehead atoms. The zero-order valence-corrected chi connectivity index (χ0v) is 28.9. The van der Waals surface area contributed by atoms with Crippen LogP contribution in [-0.2, 0) is 9.53 Å². The number of carbonyl (C=O) groups is 1. The highest BCUT2D eigenvalue weighted by Gasteiger charge is 2.34. The van der Waals surface area contributed by atoms with Gasteiger partial charge in [0.05, 0.1) is 45.6 Å². The highest BCUT2D eigenvalue weighted by molar-refractivity contribution is 9.10. The third-order valence-corrected chi connectivity index (χ3v) is 10.6. The van der Waals surface area contributed by atoms with Crippen molar-refractivity contribution in [1.82, 2.24) is 9.13 Å². The Morgan fingerprint density at radius 3 is 2.57 bits per heavy atom. The molecule has 1 aliphatic rings. The van der Waals surface area contributed by atoms with E-state index >= 15 is 0 Å². The van der Waals surface area contributed by atoms with Gasteiger partial charge in [-0.1, -0.05) is 30.7 Å². The van der Waals surface area contributed by atoms with Crippen LogP contribution in [0.4, 0.5) is 0 Å². The summed E-state index contributed by atoms with van der Waals surface area (Å²) in [6.07, 6.45) is 3.22. The van der Waals surface area contributed by atoms with Gasteiger partial charge >= 0.3 is 5.97 Å². The summed E-state index contributed by atoms with van der Waals surface area (Å²) in [5, 5.41) is 10.8. The minimum Gasteiger partial charge on any atom is -0.496 e. The number of hydrogen-bond acceptors (Lipinski definition) is 8. The molecule has 1 atom stereocenters. The SMILES string of the molecule is CCCC1=C(C(=O)OCC)[C@@H](c2ccc(OC)c(Br)c2)n2c(s/c(=C/c3cc(C)n(-c4sc(C)c(C)c4C#N)c3C)c2=O)=N1. The van der Waals surface area contributed by atoms with Crippen molar-refractivity contribution in [3.05, 3.63) is 98.2 Å². The molecule has 0 N–H and O–H groups in total. The lowest BCUT2D eigenvalue weighted by Gasteiger charge is -2.26. The topological polar surface area (TPSA) is 98.6 Å². The second-order valence-electron chi connectivity index (χ2n) is 10.5. The predicted octanol–water partition coefficient (Wildman–Crippen LogP) is 6.31. The number of aryl methyl sites for hydroxylation is 2. The summed E-state index contributed by atoms with van der Waals surface area (Å²) < 4.78 is 15.8. The normalized spacial score (nSPS) is 14.8. The quantitative estimate of drug-likeness (QED) is 0.202. The molecule has 0 radical (unpaired) electrons. The smallest absolute Gasteiger partial charge is 0.338 e. The van der Waals surface area contributed by atoms with E-state index in [2.05, 4.69) is 26.6 Å². The van der Waals surface area contributed by atoms with Crippen molar-refractivity contribution in [2.24, 2.45) is 4.99 Å². The predicted molar refractivity (Wildman–Crippen MR) is 178 cm³/mol. The van der Waals surface area contributed by atoms with Gasteiger partial charge in [-0.3, -0.25) is 9.36 Å². The lowest BCUT2D eigenvalue weighted by Crippen LogP contribution is -2.40. The van der Waals surface area contributed by atoms with E-state index in [0.29, 0.717) is 42.8 Å². The maximum atomic E-state index is 14.2. The van der Waals surface area contributed by atoms with E-state index in [-0.39, 0.29) is 12.2 Å². The lowest BCUT2D eigenvalue weighted by molar-refractivity contribution is -0.139. The van der Waals surface area contributed by atoms with Crippen LogP contribution in [0.2, 0.25) is 0 Å². The number of aromatic nitrogens is 2. The van der Waals surface area contributed by atoms with Gasteiger partial charge in [0.15, 0.2) is 4.80 Å². The molecule has 0 saturated heterocycles. The number of rotatable bonds is 8. The molecule has 0 spiro atoms. The highest BCUT2D eigenvalue weighted by Crippen LogP contribution is 2.37. The largest absolute Gasteiger partial charge is 0.496 e. The van der Waals surface area contributed by atoms with Gasteiger partial charge in [0, 0.05) is 16.3 Å². The Kier molecular flexibility index (Phi) is 9.16. The molecular formula is C33H33BrN4O4S2. The summed E-state index contributed by atoms with van der Waals surface area (Å²) in [6.45, 7) is 12.0. The Labute approximate surface area is 272 Å².